The Hall–Kier alpha value is -4.39. The summed E-state index contributed by atoms with van der Waals surface area (Å²) in [5.74, 6) is 0.916. The van der Waals surface area contributed by atoms with E-state index >= 15 is 0 Å². The van der Waals surface area contributed by atoms with Gasteiger partial charge in [-0.1, -0.05) is 37.6 Å². The van der Waals surface area contributed by atoms with Gasteiger partial charge in [0.1, 0.15) is 17.2 Å². The van der Waals surface area contributed by atoms with Crippen LogP contribution in [0.3, 0.4) is 0 Å². The van der Waals surface area contributed by atoms with Crippen molar-refractivity contribution in [3.8, 4) is 17.2 Å². The Labute approximate surface area is 211 Å². The number of nitrogens with zero attached hydrogens (tertiary/aromatic N) is 1. The van der Waals surface area contributed by atoms with Crippen LogP contribution >= 0.6 is 0 Å². The summed E-state index contributed by atoms with van der Waals surface area (Å²) in [6.07, 6.45) is 5.97. The highest BCUT2D eigenvalue weighted by atomic mass is 16.5. The van der Waals surface area contributed by atoms with Crippen LogP contribution in [0.25, 0.3) is 0 Å². The van der Waals surface area contributed by atoms with E-state index in [1.54, 1.807) is 54.6 Å². The van der Waals surface area contributed by atoms with Crippen LogP contribution < -0.4 is 19.6 Å². The van der Waals surface area contributed by atoms with Crippen LogP contribution in [0.2, 0.25) is 0 Å². The highest BCUT2D eigenvalue weighted by Gasteiger charge is 2.09. The molecule has 3 rings (SSSR count). The SMILES string of the molecule is C=CCc1ccccc1OCC(=O)N/N=C\c1ccc(OC(=O)c2ccc(OCCCC)cc2)cc1. The molecule has 3 aromatic carbocycles. The number of para-hydroxylation sites is 1. The standard InChI is InChI=1S/C29H30N2O5/c1-3-5-19-34-25-17-13-24(14-18-25)29(33)36-26-15-11-22(12-16-26)20-30-31-28(32)21-35-27-10-7-6-9-23(27)8-4-2/h4,6-7,9-18,20H,2-3,5,8,19,21H2,1H3,(H,31,32)/b30-20-. The fourth-order valence-corrected chi connectivity index (χ4v) is 3.13. The molecule has 0 unspecified atom stereocenters. The molecule has 0 bridgehead atoms. The Kier molecular flexibility index (Phi) is 10.3. The molecule has 0 heterocycles. The lowest BCUT2D eigenvalue weighted by molar-refractivity contribution is -0.123. The fourth-order valence-electron chi connectivity index (χ4n) is 3.13. The molecule has 7 heteroatoms. The summed E-state index contributed by atoms with van der Waals surface area (Å²) in [4.78, 5) is 24.4. The van der Waals surface area contributed by atoms with Crippen molar-refractivity contribution >= 4 is 18.1 Å². The molecular formula is C29H30N2O5. The number of amides is 1. The van der Waals surface area contributed by atoms with E-state index in [0.29, 0.717) is 30.1 Å². The third-order valence-corrected chi connectivity index (χ3v) is 5.05. The summed E-state index contributed by atoms with van der Waals surface area (Å²) < 4.78 is 16.6. The molecule has 186 valence electrons. The van der Waals surface area contributed by atoms with Gasteiger partial charge in [0.15, 0.2) is 6.61 Å². The van der Waals surface area contributed by atoms with Gasteiger partial charge in [-0.25, -0.2) is 10.2 Å². The van der Waals surface area contributed by atoms with Gasteiger partial charge in [-0.3, -0.25) is 4.79 Å². The Balaban J connectivity index is 1.44. The number of hydrazone groups is 1. The van der Waals surface area contributed by atoms with Crippen molar-refractivity contribution in [2.45, 2.75) is 26.2 Å². The number of hydrogen-bond acceptors (Lipinski definition) is 6. The third-order valence-electron chi connectivity index (χ3n) is 5.05. The zero-order valence-corrected chi connectivity index (χ0v) is 20.3. The molecule has 0 saturated heterocycles. The van der Waals surface area contributed by atoms with Crippen LogP contribution in [0, 0.1) is 0 Å². The molecule has 0 aliphatic rings. The number of carbonyl (C=O) groups is 2. The number of allylic oxidation sites excluding steroid dienone is 1. The zero-order valence-electron chi connectivity index (χ0n) is 20.3. The summed E-state index contributed by atoms with van der Waals surface area (Å²) in [5, 5.41) is 3.95. The fraction of sp³-hybridized carbons (Fsp3) is 0.207. The number of nitrogens with one attached hydrogen (secondary N) is 1. The number of hydrogen-bond donors (Lipinski definition) is 1. The van der Waals surface area contributed by atoms with Crippen LogP contribution in [0.15, 0.2) is 90.6 Å². The quantitative estimate of drug-likeness (QED) is 0.0880. The molecule has 0 aliphatic heterocycles. The second kappa shape index (κ2) is 14.1. The van der Waals surface area contributed by atoms with E-state index in [1.807, 2.05) is 24.3 Å². The Bertz CT molecular complexity index is 1170. The van der Waals surface area contributed by atoms with Gasteiger partial charge in [-0.15, -0.1) is 6.58 Å². The molecule has 36 heavy (non-hydrogen) atoms. The number of benzene rings is 3. The van der Waals surface area contributed by atoms with Crippen LogP contribution in [0.1, 0.15) is 41.3 Å². The first-order chi connectivity index (χ1) is 17.6. The number of esters is 1. The van der Waals surface area contributed by atoms with Gasteiger partial charge in [-0.05, 0) is 78.6 Å². The first-order valence-corrected chi connectivity index (χ1v) is 11.8. The van der Waals surface area contributed by atoms with E-state index in [1.165, 1.54) is 6.21 Å². The van der Waals surface area contributed by atoms with Crippen molar-refractivity contribution in [2.75, 3.05) is 13.2 Å². The predicted octanol–water partition coefficient (Wildman–Crippen LogP) is 5.34. The molecule has 0 spiro atoms. The summed E-state index contributed by atoms with van der Waals surface area (Å²) in [7, 11) is 0. The van der Waals surface area contributed by atoms with E-state index in [9.17, 15) is 9.59 Å². The lowest BCUT2D eigenvalue weighted by Crippen LogP contribution is -2.24. The van der Waals surface area contributed by atoms with Crippen LogP contribution in [0.5, 0.6) is 17.2 Å². The van der Waals surface area contributed by atoms with Crippen LogP contribution in [0.4, 0.5) is 0 Å². The van der Waals surface area contributed by atoms with Crippen LogP contribution in [-0.4, -0.2) is 31.3 Å². The summed E-state index contributed by atoms with van der Waals surface area (Å²) in [6, 6.07) is 21.1. The summed E-state index contributed by atoms with van der Waals surface area (Å²) in [5.41, 5.74) is 4.54. The van der Waals surface area contributed by atoms with Gasteiger partial charge >= 0.3 is 5.97 Å². The molecule has 1 N–H and O–H groups in total. The van der Waals surface area contributed by atoms with Crippen molar-refractivity contribution in [3.05, 3.63) is 102 Å². The van der Waals surface area contributed by atoms with Crippen LogP contribution in [-0.2, 0) is 11.2 Å². The second-order valence-corrected chi connectivity index (χ2v) is 7.87. The highest BCUT2D eigenvalue weighted by molar-refractivity contribution is 5.91. The minimum Gasteiger partial charge on any atom is -0.494 e. The topological polar surface area (TPSA) is 86.2 Å². The number of ether oxygens (including phenoxy) is 3. The first kappa shape index (κ1) is 26.2. The number of carbonyl (C=O) groups excluding carboxylic acids is 2. The normalized spacial score (nSPS) is 10.6. The maximum absolute atomic E-state index is 12.4. The van der Waals surface area contributed by atoms with Crippen molar-refractivity contribution < 1.29 is 23.8 Å². The Morgan fingerprint density at radius 3 is 2.39 bits per heavy atom. The number of unbranched alkanes of at least 4 members (excludes halogenated alkanes) is 1. The molecular weight excluding hydrogens is 456 g/mol. The minimum absolute atomic E-state index is 0.160. The molecule has 0 aliphatic carbocycles. The third kappa shape index (κ3) is 8.43. The molecule has 0 radical (unpaired) electrons. The predicted molar refractivity (Wildman–Crippen MR) is 140 cm³/mol. The molecule has 0 aromatic heterocycles. The Morgan fingerprint density at radius 2 is 1.67 bits per heavy atom. The van der Waals surface area contributed by atoms with E-state index in [0.717, 1.165) is 29.7 Å². The minimum atomic E-state index is -0.460. The molecule has 7 nitrogen and oxygen atoms in total. The zero-order chi connectivity index (χ0) is 25.6. The average Bonchev–Trinajstić information content (AvgIpc) is 2.90. The van der Waals surface area contributed by atoms with E-state index in [2.05, 4.69) is 24.0 Å². The van der Waals surface area contributed by atoms with Gasteiger partial charge < -0.3 is 14.2 Å². The lowest BCUT2D eigenvalue weighted by Gasteiger charge is -2.09. The van der Waals surface area contributed by atoms with Crippen molar-refractivity contribution in [2.24, 2.45) is 5.10 Å². The number of rotatable bonds is 13. The molecule has 0 saturated carbocycles. The maximum Gasteiger partial charge on any atom is 0.343 e. The summed E-state index contributed by atoms with van der Waals surface area (Å²) >= 11 is 0. The smallest absolute Gasteiger partial charge is 0.343 e. The largest absolute Gasteiger partial charge is 0.494 e. The van der Waals surface area contributed by atoms with Gasteiger partial charge in [0.25, 0.3) is 5.91 Å². The maximum atomic E-state index is 12.4. The van der Waals surface area contributed by atoms with Crippen molar-refractivity contribution in [1.82, 2.24) is 5.43 Å². The van der Waals surface area contributed by atoms with Gasteiger partial charge in [-0.2, -0.15) is 5.10 Å². The lowest BCUT2D eigenvalue weighted by atomic mass is 10.1. The molecule has 3 aromatic rings. The van der Waals surface area contributed by atoms with E-state index in [-0.39, 0.29) is 12.5 Å². The van der Waals surface area contributed by atoms with E-state index < -0.39 is 5.97 Å². The highest BCUT2D eigenvalue weighted by Crippen LogP contribution is 2.19. The van der Waals surface area contributed by atoms with Gasteiger partial charge in [0.2, 0.25) is 0 Å². The Morgan fingerprint density at radius 1 is 0.944 bits per heavy atom. The first-order valence-electron chi connectivity index (χ1n) is 11.8. The average molecular weight is 487 g/mol. The van der Waals surface area contributed by atoms with Crippen molar-refractivity contribution in [1.29, 1.82) is 0 Å². The molecule has 0 fully saturated rings. The summed E-state index contributed by atoms with van der Waals surface area (Å²) in [6.45, 7) is 6.32. The van der Waals surface area contributed by atoms with Gasteiger partial charge in [0.05, 0.1) is 18.4 Å². The van der Waals surface area contributed by atoms with E-state index in [4.69, 9.17) is 14.2 Å². The van der Waals surface area contributed by atoms with Gasteiger partial charge in [0, 0.05) is 0 Å². The van der Waals surface area contributed by atoms with Crippen molar-refractivity contribution in [3.63, 3.8) is 0 Å². The molecule has 1 amide bonds. The monoisotopic (exact) mass is 486 g/mol. The molecule has 0 atom stereocenters. The second-order valence-electron chi connectivity index (χ2n) is 7.87.